The van der Waals surface area contributed by atoms with Gasteiger partial charge in [-0.1, -0.05) is 90.1 Å². The molecule has 0 fully saturated rings. The lowest BCUT2D eigenvalue weighted by molar-refractivity contribution is 0.317. The summed E-state index contributed by atoms with van der Waals surface area (Å²) in [6.45, 7) is 13.0. The summed E-state index contributed by atoms with van der Waals surface area (Å²) in [6, 6.07) is 16.9. The Balaban J connectivity index is 1.48. The Morgan fingerprint density at radius 2 is 1.15 bits per heavy atom. The van der Waals surface area contributed by atoms with E-state index in [1.165, 1.54) is 11.1 Å². The third-order valence-electron chi connectivity index (χ3n) is 5.85. The van der Waals surface area contributed by atoms with Crippen LogP contribution in [0.5, 0.6) is 0 Å². The first-order valence-corrected chi connectivity index (χ1v) is 11.6. The molecule has 5 heteroatoms. The largest absolute Gasteiger partial charge is 0.348 e. The average Bonchev–Trinajstić information content (AvgIpc) is 3.42. The van der Waals surface area contributed by atoms with Crippen LogP contribution in [-0.4, -0.2) is 19.9 Å². The molecule has 4 aromatic rings. The van der Waals surface area contributed by atoms with Crippen LogP contribution in [0.2, 0.25) is 0 Å². The maximum Gasteiger partial charge on any atom is 0.124 e. The van der Waals surface area contributed by atoms with Crippen LogP contribution in [0, 0.1) is 10.8 Å². The number of imidazole rings is 2. The Hall–Kier alpha value is -3.18. The number of nitrogens with zero attached hydrogens (tertiary/aromatic N) is 2. The first-order valence-electron chi connectivity index (χ1n) is 11.6. The summed E-state index contributed by atoms with van der Waals surface area (Å²) >= 11 is 0. The number of rotatable bonds is 5. The van der Waals surface area contributed by atoms with E-state index in [1.54, 1.807) is 0 Å². The normalized spacial score (nSPS) is 13.3. The zero-order valence-corrected chi connectivity index (χ0v) is 20.5. The number of hydrogen-bond donors (Lipinski definition) is 3. The van der Waals surface area contributed by atoms with Crippen LogP contribution in [-0.2, 0) is 6.42 Å². The van der Waals surface area contributed by atoms with E-state index < -0.39 is 0 Å². The van der Waals surface area contributed by atoms with Crippen molar-refractivity contribution in [2.45, 2.75) is 54.0 Å². The first-order chi connectivity index (χ1) is 15.5. The minimum atomic E-state index is -0.136. The quantitative estimate of drug-likeness (QED) is 0.319. The highest BCUT2D eigenvalue weighted by atomic mass is 15.0. The fraction of sp³-hybridized carbons (Fsp3) is 0.357. The van der Waals surface area contributed by atoms with Gasteiger partial charge in [-0.2, -0.15) is 0 Å². The van der Waals surface area contributed by atoms with Crippen molar-refractivity contribution in [2.75, 3.05) is 0 Å². The molecule has 0 bridgehead atoms. The van der Waals surface area contributed by atoms with Crippen molar-refractivity contribution in [2.24, 2.45) is 16.6 Å². The van der Waals surface area contributed by atoms with Crippen molar-refractivity contribution in [3.63, 3.8) is 0 Å². The molecule has 0 aliphatic rings. The summed E-state index contributed by atoms with van der Waals surface area (Å²) in [4.78, 5) is 16.1. The highest BCUT2D eigenvalue weighted by molar-refractivity contribution is 5.71. The molecule has 0 unspecified atom stereocenters. The molecular formula is C28H35N5. The molecule has 2 aromatic carbocycles. The van der Waals surface area contributed by atoms with Crippen LogP contribution < -0.4 is 5.73 Å². The van der Waals surface area contributed by atoms with Gasteiger partial charge in [0.2, 0.25) is 0 Å². The molecule has 2 aromatic heterocycles. The van der Waals surface area contributed by atoms with Gasteiger partial charge in [0.1, 0.15) is 11.6 Å². The van der Waals surface area contributed by atoms with E-state index in [2.05, 4.69) is 100 Å². The maximum absolute atomic E-state index is 6.35. The molecule has 0 aliphatic carbocycles. The van der Waals surface area contributed by atoms with E-state index in [-0.39, 0.29) is 16.9 Å². The van der Waals surface area contributed by atoms with Gasteiger partial charge in [0.25, 0.3) is 0 Å². The van der Waals surface area contributed by atoms with Gasteiger partial charge >= 0.3 is 0 Å². The van der Waals surface area contributed by atoms with Crippen LogP contribution in [0.3, 0.4) is 0 Å². The second-order valence-corrected chi connectivity index (χ2v) is 11.1. The monoisotopic (exact) mass is 441 g/mol. The Bertz CT molecular complexity index is 1200. The van der Waals surface area contributed by atoms with Crippen molar-refractivity contribution >= 4 is 0 Å². The van der Waals surface area contributed by atoms with Gasteiger partial charge in [-0.25, -0.2) is 9.97 Å². The summed E-state index contributed by atoms with van der Waals surface area (Å²) in [5, 5.41) is 0. The second kappa shape index (κ2) is 8.64. The van der Waals surface area contributed by atoms with Gasteiger partial charge in [0, 0.05) is 29.9 Å². The van der Waals surface area contributed by atoms with Crippen molar-refractivity contribution in [3.8, 4) is 33.6 Å². The Morgan fingerprint density at radius 3 is 1.64 bits per heavy atom. The highest BCUT2D eigenvalue weighted by Gasteiger charge is 2.25. The summed E-state index contributed by atoms with van der Waals surface area (Å²) in [5.74, 6) is 1.85. The number of H-pyrrole nitrogens is 2. The SMILES string of the molecule is CC(C)(C)Cc1nc(-c2ccc(-c3ccc(-c4c[nH]c([C@@H](N)C(C)(C)C)n4)cc3)cc2)c[nH]1. The first kappa shape index (κ1) is 23.0. The van der Waals surface area contributed by atoms with E-state index >= 15 is 0 Å². The predicted octanol–water partition coefficient (Wildman–Crippen LogP) is 6.77. The van der Waals surface area contributed by atoms with Gasteiger partial charge in [0.05, 0.1) is 17.4 Å². The predicted molar refractivity (Wildman–Crippen MR) is 137 cm³/mol. The third kappa shape index (κ3) is 5.42. The molecule has 33 heavy (non-hydrogen) atoms. The Labute approximate surface area is 196 Å². The minimum Gasteiger partial charge on any atom is -0.348 e. The van der Waals surface area contributed by atoms with Gasteiger partial charge in [-0.15, -0.1) is 0 Å². The van der Waals surface area contributed by atoms with Gasteiger partial charge in [-0.3, -0.25) is 0 Å². The Morgan fingerprint density at radius 1 is 0.697 bits per heavy atom. The lowest BCUT2D eigenvalue weighted by atomic mass is 9.87. The van der Waals surface area contributed by atoms with Crippen molar-refractivity contribution < 1.29 is 0 Å². The van der Waals surface area contributed by atoms with Gasteiger partial charge in [-0.05, 0) is 22.0 Å². The van der Waals surface area contributed by atoms with E-state index in [4.69, 9.17) is 15.7 Å². The molecule has 1 atom stereocenters. The summed E-state index contributed by atoms with van der Waals surface area (Å²) < 4.78 is 0. The minimum absolute atomic E-state index is 0.0464. The van der Waals surface area contributed by atoms with Gasteiger partial charge in [0.15, 0.2) is 0 Å². The lowest BCUT2D eigenvalue weighted by Crippen LogP contribution is -2.27. The molecule has 2 heterocycles. The fourth-order valence-corrected chi connectivity index (χ4v) is 3.82. The molecule has 0 aliphatic heterocycles. The van der Waals surface area contributed by atoms with Crippen LogP contribution in [0.15, 0.2) is 60.9 Å². The fourth-order valence-electron chi connectivity index (χ4n) is 3.82. The maximum atomic E-state index is 6.35. The summed E-state index contributed by atoms with van der Waals surface area (Å²) in [5.41, 5.74) is 12.9. The molecule has 0 amide bonds. The van der Waals surface area contributed by atoms with Crippen LogP contribution in [0.1, 0.15) is 59.2 Å². The van der Waals surface area contributed by atoms with Crippen LogP contribution in [0.25, 0.3) is 33.6 Å². The summed E-state index contributed by atoms with van der Waals surface area (Å²) in [7, 11) is 0. The zero-order valence-electron chi connectivity index (χ0n) is 20.5. The van der Waals surface area contributed by atoms with Crippen LogP contribution in [0.4, 0.5) is 0 Å². The number of aromatic amines is 2. The van der Waals surface area contributed by atoms with E-state index in [9.17, 15) is 0 Å². The average molecular weight is 442 g/mol. The number of nitrogens with one attached hydrogen (secondary N) is 2. The lowest BCUT2D eigenvalue weighted by Gasteiger charge is -2.24. The molecule has 0 radical (unpaired) electrons. The molecule has 0 saturated heterocycles. The molecule has 172 valence electrons. The second-order valence-electron chi connectivity index (χ2n) is 11.1. The van der Waals surface area contributed by atoms with E-state index in [1.807, 2.05) is 12.4 Å². The van der Waals surface area contributed by atoms with E-state index in [0.717, 1.165) is 40.6 Å². The molecule has 4 rings (SSSR count). The molecule has 0 saturated carbocycles. The molecule has 5 nitrogen and oxygen atoms in total. The Kier molecular flexibility index (Phi) is 6.02. The third-order valence-corrected chi connectivity index (χ3v) is 5.85. The number of nitrogens with two attached hydrogens (primary N) is 1. The van der Waals surface area contributed by atoms with Gasteiger partial charge < -0.3 is 15.7 Å². The standard InChI is InChI=1S/C28H35N5/c1-27(2,3)15-24-30-16-22(32-24)20-11-7-18(8-12-20)19-9-13-21(14-10-19)23-17-31-26(33-23)25(29)28(4,5)6/h7-14,16-17,25H,15,29H2,1-6H3,(H,30,32)(H,31,33)/t25-/m1/s1. The van der Waals surface area contributed by atoms with Crippen molar-refractivity contribution in [3.05, 3.63) is 72.6 Å². The topological polar surface area (TPSA) is 83.4 Å². The van der Waals surface area contributed by atoms with E-state index in [0.29, 0.717) is 0 Å². The molecule has 0 spiro atoms. The number of benzene rings is 2. The van der Waals surface area contributed by atoms with Crippen molar-refractivity contribution in [1.82, 2.24) is 19.9 Å². The van der Waals surface area contributed by atoms with Crippen molar-refractivity contribution in [1.29, 1.82) is 0 Å². The smallest absolute Gasteiger partial charge is 0.124 e. The zero-order chi connectivity index (χ0) is 23.8. The molecular weight excluding hydrogens is 406 g/mol. The number of hydrogen-bond acceptors (Lipinski definition) is 3. The molecule has 4 N–H and O–H groups in total. The highest BCUT2D eigenvalue weighted by Crippen LogP contribution is 2.31. The van der Waals surface area contributed by atoms with Crippen LogP contribution >= 0.6 is 0 Å². The number of aromatic nitrogens is 4. The summed E-state index contributed by atoms with van der Waals surface area (Å²) in [6.07, 6.45) is 4.86.